The van der Waals surface area contributed by atoms with Gasteiger partial charge in [0, 0.05) is 17.3 Å². The number of thiazole rings is 1. The molecule has 3 rings (SSSR count). The number of pyridine rings is 1. The maximum absolute atomic E-state index is 12.4. The molecule has 6 heteroatoms. The van der Waals surface area contributed by atoms with Crippen LogP contribution in [0.25, 0.3) is 0 Å². The van der Waals surface area contributed by atoms with Gasteiger partial charge in [-0.1, -0.05) is 12.1 Å². The number of hydrogen-bond donors (Lipinski definition) is 1. The Morgan fingerprint density at radius 3 is 2.87 bits per heavy atom. The first kappa shape index (κ1) is 15.2. The minimum atomic E-state index is -0.197. The van der Waals surface area contributed by atoms with Crippen molar-refractivity contribution in [3.05, 3.63) is 70.4 Å². The molecule has 5 nitrogen and oxygen atoms in total. The predicted molar refractivity (Wildman–Crippen MR) is 88.8 cm³/mol. The number of benzene rings is 1. The number of nitrogens with one attached hydrogen (secondary N) is 1. The lowest BCUT2D eigenvalue weighted by atomic mass is 10.2. The molecular weight excluding hydrogens is 310 g/mol. The first-order chi connectivity index (χ1) is 11.2. The van der Waals surface area contributed by atoms with E-state index in [4.69, 9.17) is 4.74 Å². The zero-order chi connectivity index (χ0) is 16.1. The minimum absolute atomic E-state index is 0.197. The van der Waals surface area contributed by atoms with Crippen molar-refractivity contribution < 1.29 is 9.53 Å². The Kier molecular flexibility index (Phi) is 4.63. The van der Waals surface area contributed by atoms with Gasteiger partial charge in [-0.2, -0.15) is 0 Å². The third-order valence-corrected chi connectivity index (χ3v) is 4.03. The van der Waals surface area contributed by atoms with Crippen molar-refractivity contribution in [3.63, 3.8) is 0 Å². The van der Waals surface area contributed by atoms with Gasteiger partial charge < -0.3 is 10.1 Å². The van der Waals surface area contributed by atoms with E-state index < -0.39 is 0 Å². The first-order valence-electron chi connectivity index (χ1n) is 7.08. The molecule has 116 valence electrons. The normalized spacial score (nSPS) is 10.3. The average molecular weight is 325 g/mol. The summed E-state index contributed by atoms with van der Waals surface area (Å²) in [6.45, 7) is 2.33. The van der Waals surface area contributed by atoms with E-state index >= 15 is 0 Å². The van der Waals surface area contributed by atoms with Gasteiger partial charge in [0.2, 0.25) is 0 Å². The van der Waals surface area contributed by atoms with Crippen LogP contribution in [0, 0.1) is 6.92 Å². The molecule has 0 bridgehead atoms. The molecule has 0 unspecified atom stereocenters. The van der Waals surface area contributed by atoms with Crippen LogP contribution in [0.3, 0.4) is 0 Å². The summed E-state index contributed by atoms with van der Waals surface area (Å²) >= 11 is 1.53. The number of amides is 1. The highest BCUT2D eigenvalue weighted by Crippen LogP contribution is 2.24. The van der Waals surface area contributed by atoms with Crippen molar-refractivity contribution in [2.75, 3.05) is 0 Å². The SMILES string of the molecule is Cc1csc(CNC(=O)c2ccccc2Oc2cccnc2)n1. The van der Waals surface area contributed by atoms with Gasteiger partial charge in [0.1, 0.15) is 16.5 Å². The standard InChI is InChI=1S/C17H15N3O2S/c1-12-11-23-16(20-12)10-19-17(21)14-6-2-3-7-15(14)22-13-5-4-8-18-9-13/h2-9,11H,10H2,1H3,(H,19,21). The van der Waals surface area contributed by atoms with Gasteiger partial charge in [-0.15, -0.1) is 11.3 Å². The third-order valence-electron chi connectivity index (χ3n) is 3.06. The van der Waals surface area contributed by atoms with Crippen LogP contribution < -0.4 is 10.1 Å². The van der Waals surface area contributed by atoms with Crippen LogP contribution in [0.2, 0.25) is 0 Å². The molecule has 1 amide bonds. The molecule has 0 saturated carbocycles. The Morgan fingerprint density at radius 1 is 1.26 bits per heavy atom. The summed E-state index contributed by atoms with van der Waals surface area (Å²) in [5.74, 6) is 0.883. The Labute approximate surface area is 138 Å². The van der Waals surface area contributed by atoms with Crippen molar-refractivity contribution in [1.82, 2.24) is 15.3 Å². The fourth-order valence-electron chi connectivity index (χ4n) is 2.01. The van der Waals surface area contributed by atoms with E-state index in [0.29, 0.717) is 23.6 Å². The highest BCUT2D eigenvalue weighted by molar-refractivity contribution is 7.09. The van der Waals surface area contributed by atoms with Crippen molar-refractivity contribution in [2.45, 2.75) is 13.5 Å². The average Bonchev–Trinajstić information content (AvgIpc) is 3.00. The number of rotatable bonds is 5. The van der Waals surface area contributed by atoms with Crippen LogP contribution in [0.4, 0.5) is 0 Å². The number of nitrogens with zero attached hydrogens (tertiary/aromatic N) is 2. The Balaban J connectivity index is 1.72. The first-order valence-corrected chi connectivity index (χ1v) is 7.96. The molecule has 0 saturated heterocycles. The van der Waals surface area contributed by atoms with Gasteiger partial charge in [-0.25, -0.2) is 4.98 Å². The van der Waals surface area contributed by atoms with Crippen LogP contribution in [-0.4, -0.2) is 15.9 Å². The van der Waals surface area contributed by atoms with Crippen LogP contribution in [0.1, 0.15) is 21.1 Å². The molecule has 2 heterocycles. The molecular formula is C17H15N3O2S. The zero-order valence-corrected chi connectivity index (χ0v) is 13.3. The summed E-state index contributed by atoms with van der Waals surface area (Å²) < 4.78 is 5.75. The molecule has 1 aromatic carbocycles. The molecule has 0 aliphatic rings. The van der Waals surface area contributed by atoms with Gasteiger partial charge in [0.15, 0.2) is 0 Å². The second-order valence-corrected chi connectivity index (χ2v) is 5.79. The Hall–Kier alpha value is -2.73. The number of aromatic nitrogens is 2. The summed E-state index contributed by atoms with van der Waals surface area (Å²) in [6, 6.07) is 10.7. The molecule has 0 fully saturated rings. The molecule has 1 N–H and O–H groups in total. The molecule has 0 radical (unpaired) electrons. The summed E-state index contributed by atoms with van der Waals surface area (Å²) in [5.41, 5.74) is 1.43. The maximum atomic E-state index is 12.4. The molecule has 0 atom stereocenters. The number of ether oxygens (including phenoxy) is 1. The summed E-state index contributed by atoms with van der Waals surface area (Å²) in [6.07, 6.45) is 3.27. The van der Waals surface area contributed by atoms with Crippen molar-refractivity contribution >= 4 is 17.2 Å². The van der Waals surface area contributed by atoms with E-state index in [1.165, 1.54) is 11.3 Å². The lowest BCUT2D eigenvalue weighted by molar-refractivity contribution is 0.0948. The Morgan fingerprint density at radius 2 is 2.13 bits per heavy atom. The molecule has 2 aromatic heterocycles. The Bertz CT molecular complexity index is 802. The molecule has 0 spiro atoms. The van der Waals surface area contributed by atoms with E-state index in [-0.39, 0.29) is 5.91 Å². The van der Waals surface area contributed by atoms with Gasteiger partial charge in [0.05, 0.1) is 18.3 Å². The topological polar surface area (TPSA) is 64.1 Å². The largest absolute Gasteiger partial charge is 0.455 e. The molecule has 23 heavy (non-hydrogen) atoms. The van der Waals surface area contributed by atoms with Crippen LogP contribution >= 0.6 is 11.3 Å². The zero-order valence-electron chi connectivity index (χ0n) is 12.5. The van der Waals surface area contributed by atoms with Gasteiger partial charge >= 0.3 is 0 Å². The number of hydrogen-bond acceptors (Lipinski definition) is 5. The molecule has 0 aliphatic heterocycles. The van der Waals surface area contributed by atoms with E-state index in [1.807, 2.05) is 18.4 Å². The van der Waals surface area contributed by atoms with Crippen LogP contribution in [-0.2, 0) is 6.54 Å². The highest BCUT2D eigenvalue weighted by Gasteiger charge is 2.13. The number of aryl methyl sites for hydroxylation is 1. The minimum Gasteiger partial charge on any atom is -0.455 e. The fraction of sp³-hybridized carbons (Fsp3) is 0.118. The predicted octanol–water partition coefficient (Wildman–Crippen LogP) is 3.57. The second kappa shape index (κ2) is 7.02. The third kappa shape index (κ3) is 3.92. The van der Waals surface area contributed by atoms with Crippen molar-refractivity contribution in [1.29, 1.82) is 0 Å². The molecule has 0 aliphatic carbocycles. The van der Waals surface area contributed by atoms with Gasteiger partial charge in [-0.05, 0) is 31.2 Å². The van der Waals surface area contributed by atoms with E-state index in [9.17, 15) is 4.79 Å². The lowest BCUT2D eigenvalue weighted by Gasteiger charge is -2.10. The summed E-state index contributed by atoms with van der Waals surface area (Å²) in [5, 5.41) is 5.70. The van der Waals surface area contributed by atoms with Gasteiger partial charge in [-0.3, -0.25) is 9.78 Å². The van der Waals surface area contributed by atoms with Crippen LogP contribution in [0.15, 0.2) is 54.2 Å². The van der Waals surface area contributed by atoms with Crippen molar-refractivity contribution in [2.24, 2.45) is 0 Å². The van der Waals surface area contributed by atoms with Gasteiger partial charge in [0.25, 0.3) is 5.91 Å². The number of carbonyl (C=O) groups is 1. The highest BCUT2D eigenvalue weighted by atomic mass is 32.1. The van der Waals surface area contributed by atoms with E-state index in [1.54, 1.807) is 42.7 Å². The van der Waals surface area contributed by atoms with Crippen LogP contribution in [0.5, 0.6) is 11.5 Å². The number of para-hydroxylation sites is 1. The van der Waals surface area contributed by atoms with E-state index in [0.717, 1.165) is 10.7 Å². The summed E-state index contributed by atoms with van der Waals surface area (Å²) in [7, 11) is 0. The quantitative estimate of drug-likeness (QED) is 0.779. The smallest absolute Gasteiger partial charge is 0.255 e. The monoisotopic (exact) mass is 325 g/mol. The lowest BCUT2D eigenvalue weighted by Crippen LogP contribution is -2.23. The van der Waals surface area contributed by atoms with Crippen molar-refractivity contribution in [3.8, 4) is 11.5 Å². The van der Waals surface area contributed by atoms with E-state index in [2.05, 4.69) is 15.3 Å². The molecule has 3 aromatic rings. The second-order valence-electron chi connectivity index (χ2n) is 4.85. The fourth-order valence-corrected chi connectivity index (χ4v) is 2.72. The maximum Gasteiger partial charge on any atom is 0.255 e. The number of carbonyl (C=O) groups excluding carboxylic acids is 1. The summed E-state index contributed by atoms with van der Waals surface area (Å²) in [4.78, 5) is 20.7.